The Hall–Kier alpha value is -3.19. The molecule has 8 nitrogen and oxygen atoms in total. The lowest BCUT2D eigenvalue weighted by atomic mass is 9.86. The van der Waals surface area contributed by atoms with Crippen LogP contribution in [0.1, 0.15) is 54.6 Å². The highest BCUT2D eigenvalue weighted by atomic mass is 35.5. The number of ether oxygens (including phenoxy) is 1. The number of amides is 2. The van der Waals surface area contributed by atoms with Gasteiger partial charge in [0.15, 0.2) is 5.96 Å². The van der Waals surface area contributed by atoms with Gasteiger partial charge in [0.05, 0.1) is 40.4 Å². The van der Waals surface area contributed by atoms with Crippen molar-refractivity contribution in [2.45, 2.75) is 50.8 Å². The van der Waals surface area contributed by atoms with E-state index < -0.39 is 17.3 Å². The Balaban J connectivity index is 0.00000361. The highest BCUT2D eigenvalue weighted by Crippen LogP contribution is 2.41. The van der Waals surface area contributed by atoms with E-state index in [0.29, 0.717) is 25.0 Å². The van der Waals surface area contributed by atoms with Crippen LogP contribution in [-0.4, -0.2) is 41.4 Å². The molecule has 1 fully saturated rings. The van der Waals surface area contributed by atoms with Crippen molar-refractivity contribution in [3.8, 4) is 6.07 Å². The molecule has 0 aliphatic carbocycles. The summed E-state index contributed by atoms with van der Waals surface area (Å²) in [6.45, 7) is 4.28. The summed E-state index contributed by atoms with van der Waals surface area (Å²) in [4.78, 5) is 32.2. The summed E-state index contributed by atoms with van der Waals surface area (Å²) in [5, 5.41) is 11.9. The zero-order valence-corrected chi connectivity index (χ0v) is 21.3. The number of nitrogens with zero attached hydrogens (tertiary/aromatic N) is 3. The molecule has 190 valence electrons. The first-order chi connectivity index (χ1) is 16.6. The number of benzene rings is 2. The molecule has 3 atom stereocenters. The van der Waals surface area contributed by atoms with Crippen LogP contribution in [-0.2, 0) is 15.1 Å². The van der Waals surface area contributed by atoms with Gasteiger partial charge in [-0.1, -0.05) is 23.7 Å². The van der Waals surface area contributed by atoms with E-state index in [1.165, 1.54) is 6.07 Å². The lowest BCUT2D eigenvalue weighted by Crippen LogP contribution is -2.56. The number of hydrogen-bond donors (Lipinski definition) is 2. The van der Waals surface area contributed by atoms with E-state index in [9.17, 15) is 14.0 Å². The van der Waals surface area contributed by atoms with Gasteiger partial charge >= 0.3 is 0 Å². The standard InChI is InChI=1S/C25H25ClFN5O3.ClH/c1-14-8-18(6-7-35-14)32-21(33)12-25(2,31-24(32)29)19-4-3-5-20(22(19)26)30-23(34)16-9-15(13-28)10-17(27)11-16;/h3-5,9-11,14,18H,6-8,12H2,1-2H3,(H2,29,31)(H,30,34);1H/t14-,18-,25+;/m1./s1. The Labute approximate surface area is 219 Å². The summed E-state index contributed by atoms with van der Waals surface area (Å²) in [6.07, 6.45) is 1.43. The maximum atomic E-state index is 13.8. The molecule has 36 heavy (non-hydrogen) atoms. The van der Waals surface area contributed by atoms with Crippen LogP contribution in [0.3, 0.4) is 0 Å². The second kappa shape index (κ2) is 10.8. The van der Waals surface area contributed by atoms with E-state index in [0.717, 1.165) is 12.1 Å². The molecule has 0 saturated carbocycles. The Morgan fingerprint density at radius 3 is 2.81 bits per heavy atom. The first-order valence-electron chi connectivity index (χ1n) is 11.2. The summed E-state index contributed by atoms with van der Waals surface area (Å²) < 4.78 is 19.4. The van der Waals surface area contributed by atoms with Crippen LogP contribution in [0.4, 0.5) is 10.1 Å². The number of hydrogen-bond acceptors (Lipinski definition) is 6. The molecular formula is C25H26Cl2FN5O3. The number of anilines is 1. The molecule has 3 N–H and O–H groups in total. The zero-order valence-electron chi connectivity index (χ0n) is 19.8. The minimum atomic E-state index is -1.04. The molecule has 2 aliphatic rings. The number of rotatable bonds is 4. The molecular weight excluding hydrogens is 508 g/mol. The molecule has 11 heteroatoms. The van der Waals surface area contributed by atoms with Gasteiger partial charge in [0, 0.05) is 23.8 Å². The topological polar surface area (TPSA) is 121 Å². The van der Waals surface area contributed by atoms with Gasteiger partial charge < -0.3 is 15.8 Å². The number of carbonyl (C=O) groups is 2. The minimum Gasteiger partial charge on any atom is -0.378 e. The van der Waals surface area contributed by atoms with E-state index in [4.69, 9.17) is 27.3 Å². The predicted octanol–water partition coefficient (Wildman–Crippen LogP) is 4.35. The lowest BCUT2D eigenvalue weighted by Gasteiger charge is -2.41. The Morgan fingerprint density at radius 2 is 2.14 bits per heavy atom. The third-order valence-corrected chi connectivity index (χ3v) is 6.72. The molecule has 0 unspecified atom stereocenters. The number of nitrogens with one attached hydrogen (secondary N) is 1. The maximum absolute atomic E-state index is 13.8. The summed E-state index contributed by atoms with van der Waals surface area (Å²) in [5.41, 5.74) is 6.03. The molecule has 2 aromatic rings. The molecule has 1 saturated heterocycles. The van der Waals surface area contributed by atoms with Crippen molar-refractivity contribution < 1.29 is 18.7 Å². The van der Waals surface area contributed by atoms with E-state index in [2.05, 4.69) is 10.3 Å². The summed E-state index contributed by atoms with van der Waals surface area (Å²) in [6, 6.07) is 10.1. The fourth-order valence-electron chi connectivity index (χ4n) is 4.63. The molecule has 2 amide bonds. The van der Waals surface area contributed by atoms with E-state index in [-0.39, 0.29) is 64.7 Å². The van der Waals surface area contributed by atoms with Gasteiger partial charge in [0.25, 0.3) is 5.91 Å². The third-order valence-electron chi connectivity index (χ3n) is 6.31. The quantitative estimate of drug-likeness (QED) is 0.604. The molecule has 2 aliphatic heterocycles. The SMILES string of the molecule is C[C@@H]1C[C@H](N2C(=O)C[C@@](C)(c3cccc(NC(=O)c4cc(F)cc(C#N)c4)c3Cl)N=C2N)CCO1.Cl. The molecule has 4 rings (SSSR count). The summed E-state index contributed by atoms with van der Waals surface area (Å²) >= 11 is 6.66. The minimum absolute atomic E-state index is 0. The smallest absolute Gasteiger partial charge is 0.255 e. The number of carbonyl (C=O) groups excluding carboxylic acids is 2. The molecule has 0 bridgehead atoms. The Morgan fingerprint density at radius 1 is 1.39 bits per heavy atom. The normalized spacial score (nSPS) is 23.8. The first-order valence-corrected chi connectivity index (χ1v) is 11.6. The Bertz CT molecular complexity index is 1260. The van der Waals surface area contributed by atoms with Gasteiger partial charge in [0.1, 0.15) is 5.82 Å². The van der Waals surface area contributed by atoms with E-state index >= 15 is 0 Å². The van der Waals surface area contributed by atoms with Crippen LogP contribution in [0.25, 0.3) is 0 Å². The van der Waals surface area contributed by atoms with Crippen molar-refractivity contribution in [1.29, 1.82) is 5.26 Å². The average Bonchev–Trinajstić information content (AvgIpc) is 2.79. The fourth-order valence-corrected chi connectivity index (χ4v) is 5.01. The van der Waals surface area contributed by atoms with Crippen molar-refractivity contribution in [2.75, 3.05) is 11.9 Å². The van der Waals surface area contributed by atoms with Crippen molar-refractivity contribution in [2.24, 2.45) is 10.7 Å². The van der Waals surface area contributed by atoms with E-state index in [1.807, 2.05) is 13.0 Å². The van der Waals surface area contributed by atoms with Crippen LogP contribution >= 0.6 is 24.0 Å². The number of aliphatic imine (C=N–C) groups is 1. The van der Waals surface area contributed by atoms with Crippen LogP contribution in [0, 0.1) is 17.1 Å². The summed E-state index contributed by atoms with van der Waals surface area (Å²) in [5.74, 6) is -1.37. The van der Waals surface area contributed by atoms with Crippen molar-refractivity contribution >= 4 is 47.5 Å². The number of halogens is 3. The molecule has 0 radical (unpaired) electrons. The number of nitrogens with two attached hydrogens (primary N) is 1. The number of guanidine groups is 1. The van der Waals surface area contributed by atoms with Gasteiger partial charge in [-0.15, -0.1) is 12.4 Å². The molecule has 2 heterocycles. The summed E-state index contributed by atoms with van der Waals surface area (Å²) in [7, 11) is 0. The van der Waals surface area contributed by atoms with Gasteiger partial charge in [-0.2, -0.15) is 5.26 Å². The lowest BCUT2D eigenvalue weighted by molar-refractivity contribution is -0.133. The highest BCUT2D eigenvalue weighted by molar-refractivity contribution is 6.35. The first kappa shape index (κ1) is 27.4. The van der Waals surface area contributed by atoms with Crippen LogP contribution in [0.2, 0.25) is 5.02 Å². The van der Waals surface area contributed by atoms with Gasteiger partial charge in [-0.25, -0.2) is 9.38 Å². The van der Waals surface area contributed by atoms with Crippen molar-refractivity contribution in [1.82, 2.24) is 4.90 Å². The monoisotopic (exact) mass is 533 g/mol. The maximum Gasteiger partial charge on any atom is 0.255 e. The van der Waals surface area contributed by atoms with Crippen molar-refractivity contribution in [3.63, 3.8) is 0 Å². The van der Waals surface area contributed by atoms with Gasteiger partial charge in [-0.3, -0.25) is 14.5 Å². The third kappa shape index (κ3) is 5.46. The van der Waals surface area contributed by atoms with Crippen LogP contribution in [0.5, 0.6) is 0 Å². The fraction of sp³-hybridized carbons (Fsp3) is 0.360. The molecule has 2 aromatic carbocycles. The zero-order chi connectivity index (χ0) is 25.3. The predicted molar refractivity (Wildman–Crippen MR) is 137 cm³/mol. The van der Waals surface area contributed by atoms with Gasteiger partial charge in [0.2, 0.25) is 5.91 Å². The highest BCUT2D eigenvalue weighted by Gasteiger charge is 2.42. The molecule has 0 aromatic heterocycles. The van der Waals surface area contributed by atoms with Crippen molar-refractivity contribution in [3.05, 3.63) is 63.9 Å². The average molecular weight is 534 g/mol. The second-order valence-corrected chi connectivity index (χ2v) is 9.38. The van der Waals surface area contributed by atoms with Gasteiger partial charge in [-0.05, 0) is 51.0 Å². The van der Waals surface area contributed by atoms with E-state index in [1.54, 1.807) is 30.0 Å². The number of nitriles is 1. The molecule has 0 spiro atoms. The van der Waals surface area contributed by atoms with Crippen LogP contribution < -0.4 is 11.1 Å². The van der Waals surface area contributed by atoms with Crippen LogP contribution in [0.15, 0.2) is 41.4 Å². The largest absolute Gasteiger partial charge is 0.378 e. The Kier molecular flexibility index (Phi) is 8.24. The second-order valence-electron chi connectivity index (χ2n) is 9.01.